The average Bonchev–Trinajstić information content (AvgIpc) is 2.44. The van der Waals surface area contributed by atoms with Crippen LogP contribution in [-0.4, -0.2) is 45.5 Å². The van der Waals surface area contributed by atoms with Crippen molar-refractivity contribution in [3.8, 4) is 0 Å². The maximum absolute atomic E-state index is 12.6. The molecule has 1 aromatic carbocycles. The van der Waals surface area contributed by atoms with Crippen molar-refractivity contribution in [3.63, 3.8) is 0 Å². The van der Waals surface area contributed by atoms with E-state index < -0.39 is 29.4 Å². The molecule has 0 unspecified atom stereocenters. The van der Waals surface area contributed by atoms with E-state index in [1.807, 2.05) is 0 Å². The van der Waals surface area contributed by atoms with Crippen LogP contribution in [0.1, 0.15) is 0 Å². The summed E-state index contributed by atoms with van der Waals surface area (Å²) in [7, 11) is 0. The Labute approximate surface area is 132 Å². The van der Waals surface area contributed by atoms with E-state index in [9.17, 15) is 27.9 Å². The number of carbonyl (C=O) groups is 2. The Kier molecular flexibility index (Phi) is 6.09. The first-order valence-corrected chi connectivity index (χ1v) is 7.23. The number of thioether (sulfide) groups is 1. The number of carboxylic acids is 1. The number of aliphatic hydroxyl groups is 1. The quantitative estimate of drug-likeness (QED) is 0.537. The maximum atomic E-state index is 12.6. The number of carboxylic acid groups (broad SMARTS) is 1. The standard InChI is InChI=1S/C12H11ClF3NO4S/c13-5-9(18)17-7-1-3-8(4-2-7)22-6-11(21,10(19)20)12(14,15)16/h1-4,21H,5-6H2,(H,17,18)(H,19,20)/t11-/m1/s1. The van der Waals surface area contributed by atoms with E-state index in [0.717, 1.165) is 0 Å². The molecule has 3 N–H and O–H groups in total. The Morgan fingerprint density at radius 2 is 1.77 bits per heavy atom. The highest BCUT2D eigenvalue weighted by Gasteiger charge is 2.60. The number of benzene rings is 1. The van der Waals surface area contributed by atoms with Crippen LogP contribution >= 0.6 is 23.4 Å². The van der Waals surface area contributed by atoms with Gasteiger partial charge in [-0.15, -0.1) is 23.4 Å². The lowest BCUT2D eigenvalue weighted by Gasteiger charge is -2.25. The summed E-state index contributed by atoms with van der Waals surface area (Å²) in [6.45, 7) is 0. The fourth-order valence-electron chi connectivity index (χ4n) is 1.28. The number of hydrogen-bond acceptors (Lipinski definition) is 4. The summed E-state index contributed by atoms with van der Waals surface area (Å²) >= 11 is 5.83. The van der Waals surface area contributed by atoms with Gasteiger partial charge in [0.1, 0.15) is 5.88 Å². The molecule has 0 fully saturated rings. The number of halogens is 4. The lowest BCUT2D eigenvalue weighted by atomic mass is 10.1. The first-order chi connectivity index (χ1) is 10.1. The van der Waals surface area contributed by atoms with E-state index in [0.29, 0.717) is 22.3 Å². The second-order valence-corrected chi connectivity index (χ2v) is 5.47. The number of hydrogen-bond donors (Lipinski definition) is 3. The van der Waals surface area contributed by atoms with Gasteiger partial charge in [-0.05, 0) is 24.3 Å². The predicted molar refractivity (Wildman–Crippen MR) is 75.2 cm³/mol. The van der Waals surface area contributed by atoms with Crippen LogP contribution in [0.25, 0.3) is 0 Å². The number of aliphatic carboxylic acids is 1. The van der Waals surface area contributed by atoms with Gasteiger partial charge in [-0.1, -0.05) is 0 Å². The average molecular weight is 358 g/mol. The molecule has 122 valence electrons. The smallest absolute Gasteiger partial charge is 0.429 e. The third kappa shape index (κ3) is 4.52. The molecule has 0 spiro atoms. The van der Waals surface area contributed by atoms with Crippen molar-refractivity contribution in [2.45, 2.75) is 16.7 Å². The van der Waals surface area contributed by atoms with Crippen LogP contribution in [0.5, 0.6) is 0 Å². The molecule has 0 aliphatic heterocycles. The van der Waals surface area contributed by atoms with Gasteiger partial charge in [0.2, 0.25) is 5.91 Å². The molecule has 0 saturated carbocycles. The van der Waals surface area contributed by atoms with Crippen LogP contribution in [0.3, 0.4) is 0 Å². The summed E-state index contributed by atoms with van der Waals surface area (Å²) in [6.07, 6.45) is -5.29. The lowest BCUT2D eigenvalue weighted by Crippen LogP contribution is -2.54. The summed E-state index contributed by atoms with van der Waals surface area (Å²) in [4.78, 5) is 22.0. The molecular weight excluding hydrogens is 347 g/mol. The first-order valence-electron chi connectivity index (χ1n) is 5.71. The highest BCUT2D eigenvalue weighted by molar-refractivity contribution is 7.99. The molecule has 10 heteroatoms. The molecule has 0 heterocycles. The van der Waals surface area contributed by atoms with Crippen molar-refractivity contribution in [2.75, 3.05) is 16.9 Å². The summed E-state index contributed by atoms with van der Waals surface area (Å²) in [6, 6.07) is 5.60. The van der Waals surface area contributed by atoms with Crippen LogP contribution < -0.4 is 5.32 Å². The molecule has 0 radical (unpaired) electrons. The fraction of sp³-hybridized carbons (Fsp3) is 0.333. The van der Waals surface area contributed by atoms with Gasteiger partial charge >= 0.3 is 12.1 Å². The Morgan fingerprint density at radius 3 is 2.18 bits per heavy atom. The summed E-state index contributed by atoms with van der Waals surface area (Å²) in [5.41, 5.74) is -3.44. The Bertz CT molecular complexity index is 552. The molecule has 1 aromatic rings. The zero-order valence-electron chi connectivity index (χ0n) is 10.9. The number of carbonyl (C=O) groups excluding carboxylic acids is 1. The zero-order valence-corrected chi connectivity index (χ0v) is 12.4. The van der Waals surface area contributed by atoms with E-state index in [2.05, 4.69) is 5.32 Å². The largest absolute Gasteiger partial charge is 0.479 e. The second kappa shape index (κ2) is 7.21. The van der Waals surface area contributed by atoms with Crippen molar-refractivity contribution in [3.05, 3.63) is 24.3 Å². The van der Waals surface area contributed by atoms with Gasteiger partial charge in [0.05, 0.1) is 0 Å². The van der Waals surface area contributed by atoms with Crippen molar-refractivity contribution < 1.29 is 33.0 Å². The van der Waals surface area contributed by atoms with Crippen molar-refractivity contribution in [1.29, 1.82) is 0 Å². The van der Waals surface area contributed by atoms with Crippen LogP contribution in [0.2, 0.25) is 0 Å². The molecule has 1 atom stereocenters. The minimum atomic E-state index is -5.29. The monoisotopic (exact) mass is 357 g/mol. The van der Waals surface area contributed by atoms with Crippen molar-refractivity contribution in [1.82, 2.24) is 0 Å². The number of rotatable bonds is 6. The van der Waals surface area contributed by atoms with E-state index in [1.165, 1.54) is 24.3 Å². The first kappa shape index (κ1) is 18.6. The summed E-state index contributed by atoms with van der Waals surface area (Å²) < 4.78 is 37.8. The molecule has 22 heavy (non-hydrogen) atoms. The molecule has 0 bridgehead atoms. The van der Waals surface area contributed by atoms with E-state index in [4.69, 9.17) is 16.7 Å². The number of anilines is 1. The lowest BCUT2D eigenvalue weighted by molar-refractivity contribution is -0.251. The van der Waals surface area contributed by atoms with Gasteiger partial charge in [-0.25, -0.2) is 4.79 Å². The number of alkyl halides is 4. The topological polar surface area (TPSA) is 86.6 Å². The molecule has 0 saturated heterocycles. The van der Waals surface area contributed by atoms with Gasteiger partial charge in [0.15, 0.2) is 0 Å². The molecular formula is C12H11ClF3NO4S. The van der Waals surface area contributed by atoms with Gasteiger partial charge in [-0.2, -0.15) is 13.2 Å². The van der Waals surface area contributed by atoms with Gasteiger partial charge in [0.25, 0.3) is 5.60 Å². The van der Waals surface area contributed by atoms with Gasteiger partial charge in [0, 0.05) is 16.3 Å². The van der Waals surface area contributed by atoms with E-state index >= 15 is 0 Å². The molecule has 0 aromatic heterocycles. The third-order valence-electron chi connectivity index (χ3n) is 2.53. The molecule has 1 amide bonds. The predicted octanol–water partition coefficient (Wildman–Crippen LogP) is 2.33. The van der Waals surface area contributed by atoms with E-state index in [-0.39, 0.29) is 5.88 Å². The molecule has 1 rings (SSSR count). The minimum absolute atomic E-state index is 0.242. The highest BCUT2D eigenvalue weighted by atomic mass is 35.5. The van der Waals surface area contributed by atoms with Crippen LogP contribution in [0.15, 0.2) is 29.2 Å². The summed E-state index contributed by atoms with van der Waals surface area (Å²) in [5.74, 6) is -4.15. The highest BCUT2D eigenvalue weighted by Crippen LogP contribution is 2.35. The molecule has 0 aliphatic rings. The van der Waals surface area contributed by atoms with Gasteiger partial charge < -0.3 is 15.5 Å². The normalized spacial score (nSPS) is 14.2. The van der Waals surface area contributed by atoms with Crippen LogP contribution in [-0.2, 0) is 9.59 Å². The van der Waals surface area contributed by atoms with Gasteiger partial charge in [-0.3, -0.25) is 4.79 Å². The number of nitrogens with one attached hydrogen (secondary N) is 1. The van der Waals surface area contributed by atoms with Crippen LogP contribution in [0, 0.1) is 0 Å². The Balaban J connectivity index is 2.75. The van der Waals surface area contributed by atoms with Crippen molar-refractivity contribution in [2.24, 2.45) is 0 Å². The number of amides is 1. The van der Waals surface area contributed by atoms with E-state index in [1.54, 1.807) is 0 Å². The Morgan fingerprint density at radius 1 is 1.23 bits per heavy atom. The SMILES string of the molecule is O=C(CCl)Nc1ccc(SC[C@@](O)(C(=O)O)C(F)(F)F)cc1. The second-order valence-electron chi connectivity index (χ2n) is 4.16. The zero-order chi connectivity index (χ0) is 17.0. The molecule has 0 aliphatic carbocycles. The third-order valence-corrected chi connectivity index (χ3v) is 3.94. The molecule has 5 nitrogen and oxygen atoms in total. The van der Waals surface area contributed by atoms with Crippen LogP contribution in [0.4, 0.5) is 18.9 Å². The minimum Gasteiger partial charge on any atom is -0.479 e. The Hall–Kier alpha value is -1.45. The maximum Gasteiger partial charge on any atom is 0.429 e. The van der Waals surface area contributed by atoms with Crippen molar-refractivity contribution >= 4 is 40.9 Å². The fourth-order valence-corrected chi connectivity index (χ4v) is 2.34. The summed E-state index contributed by atoms with van der Waals surface area (Å²) in [5, 5.41) is 20.3.